The van der Waals surface area contributed by atoms with Gasteiger partial charge < -0.3 is 9.30 Å². The van der Waals surface area contributed by atoms with E-state index in [4.69, 9.17) is 9.84 Å². The number of hydrogen-bond donors (Lipinski definition) is 0. The molecule has 0 N–H and O–H groups in total. The molecule has 0 aliphatic carbocycles. The number of nitrogens with zero attached hydrogens (tertiary/aromatic N) is 6. The molecule has 2 aromatic carbocycles. The zero-order valence-corrected chi connectivity index (χ0v) is 14.7. The first kappa shape index (κ1) is 15.0. The molecule has 7 nitrogen and oxygen atoms in total. The highest BCUT2D eigenvalue weighted by Crippen LogP contribution is 2.32. The Labute approximate surface area is 152 Å². The maximum atomic E-state index is 5.44. The lowest BCUT2D eigenvalue weighted by atomic mass is 10.2. The molecule has 26 heavy (non-hydrogen) atoms. The van der Waals surface area contributed by atoms with Crippen molar-refractivity contribution >= 4 is 27.3 Å². The van der Waals surface area contributed by atoms with Gasteiger partial charge in [-0.15, -0.1) is 10.2 Å². The van der Waals surface area contributed by atoms with Crippen LogP contribution in [0.15, 0.2) is 54.9 Å². The van der Waals surface area contributed by atoms with Crippen LogP contribution in [0.4, 0.5) is 0 Å². The van der Waals surface area contributed by atoms with E-state index in [1.807, 2.05) is 59.4 Å². The molecule has 8 heteroatoms. The predicted octanol–water partition coefficient (Wildman–Crippen LogP) is 3.26. The van der Waals surface area contributed by atoms with Crippen LogP contribution in [0.25, 0.3) is 26.6 Å². The van der Waals surface area contributed by atoms with Gasteiger partial charge >= 0.3 is 0 Å². The highest BCUT2D eigenvalue weighted by atomic mass is 32.1. The van der Waals surface area contributed by atoms with Gasteiger partial charge in [-0.05, 0) is 24.3 Å². The molecule has 5 aromatic rings. The number of benzene rings is 2. The standard InChI is InChI=1S/C18H14N6OS/c1-25-15-9-5-2-6-12(15)17-22-24-16(20-21-18(24)26-17)10-23-11-19-13-7-3-4-8-14(13)23/h2-9,11H,10H2,1H3. The summed E-state index contributed by atoms with van der Waals surface area (Å²) in [6.07, 6.45) is 1.82. The maximum Gasteiger partial charge on any atom is 0.235 e. The summed E-state index contributed by atoms with van der Waals surface area (Å²) in [7, 11) is 1.66. The smallest absolute Gasteiger partial charge is 0.235 e. The molecule has 0 unspecified atom stereocenters. The van der Waals surface area contributed by atoms with Crippen molar-refractivity contribution in [1.29, 1.82) is 0 Å². The number of fused-ring (bicyclic) bond motifs is 2. The molecule has 3 heterocycles. The Balaban J connectivity index is 1.56. The van der Waals surface area contributed by atoms with E-state index >= 15 is 0 Å². The molecule has 3 aromatic heterocycles. The highest BCUT2D eigenvalue weighted by molar-refractivity contribution is 7.19. The van der Waals surface area contributed by atoms with Gasteiger partial charge in [0, 0.05) is 0 Å². The summed E-state index contributed by atoms with van der Waals surface area (Å²) < 4.78 is 9.29. The largest absolute Gasteiger partial charge is 0.496 e. The van der Waals surface area contributed by atoms with Crippen LogP contribution in [0.3, 0.4) is 0 Å². The van der Waals surface area contributed by atoms with Crippen molar-refractivity contribution in [1.82, 2.24) is 29.4 Å². The third-order valence-corrected chi connectivity index (χ3v) is 5.16. The third kappa shape index (κ3) is 2.34. The van der Waals surface area contributed by atoms with E-state index in [0.717, 1.165) is 38.1 Å². The molecule has 0 aliphatic rings. The summed E-state index contributed by atoms with van der Waals surface area (Å²) in [5, 5.41) is 14.1. The maximum absolute atomic E-state index is 5.44. The summed E-state index contributed by atoms with van der Waals surface area (Å²) in [5.41, 5.74) is 2.97. The van der Waals surface area contributed by atoms with Gasteiger partial charge in [0.25, 0.3) is 0 Å². The van der Waals surface area contributed by atoms with Crippen molar-refractivity contribution in [3.8, 4) is 16.3 Å². The van der Waals surface area contributed by atoms with Crippen molar-refractivity contribution in [2.45, 2.75) is 6.54 Å². The van der Waals surface area contributed by atoms with Crippen molar-refractivity contribution in [3.05, 3.63) is 60.7 Å². The quantitative estimate of drug-likeness (QED) is 0.491. The van der Waals surface area contributed by atoms with E-state index < -0.39 is 0 Å². The van der Waals surface area contributed by atoms with Gasteiger partial charge in [0.2, 0.25) is 4.96 Å². The molecule has 0 bridgehead atoms. The first-order valence-electron chi connectivity index (χ1n) is 8.08. The molecule has 0 spiro atoms. The molecule has 0 saturated heterocycles. The second-order valence-electron chi connectivity index (χ2n) is 5.78. The lowest BCUT2D eigenvalue weighted by Crippen LogP contribution is -2.04. The average molecular weight is 362 g/mol. The van der Waals surface area contributed by atoms with Gasteiger partial charge in [-0.2, -0.15) is 9.61 Å². The zero-order valence-electron chi connectivity index (χ0n) is 13.9. The monoisotopic (exact) mass is 362 g/mol. The Morgan fingerprint density at radius 1 is 1.04 bits per heavy atom. The molecule has 0 aliphatic heterocycles. The van der Waals surface area contributed by atoms with Gasteiger partial charge in [-0.25, -0.2) is 4.98 Å². The number of aromatic nitrogens is 6. The Morgan fingerprint density at radius 2 is 1.88 bits per heavy atom. The Kier molecular flexibility index (Phi) is 3.42. The van der Waals surface area contributed by atoms with Crippen LogP contribution in [0.2, 0.25) is 0 Å². The summed E-state index contributed by atoms with van der Waals surface area (Å²) >= 11 is 1.49. The molecule has 0 saturated carbocycles. The topological polar surface area (TPSA) is 70.1 Å². The second-order valence-corrected chi connectivity index (χ2v) is 6.74. The molecule has 0 fully saturated rings. The minimum Gasteiger partial charge on any atom is -0.496 e. The van der Waals surface area contributed by atoms with E-state index in [2.05, 4.69) is 15.2 Å². The minimum atomic E-state index is 0.552. The van der Waals surface area contributed by atoms with Crippen molar-refractivity contribution in [2.24, 2.45) is 0 Å². The normalized spacial score (nSPS) is 11.4. The molecule has 0 radical (unpaired) electrons. The molecule has 0 amide bonds. The van der Waals surface area contributed by atoms with Gasteiger partial charge in [-0.3, -0.25) is 0 Å². The first-order valence-corrected chi connectivity index (χ1v) is 8.89. The number of methoxy groups -OCH3 is 1. The number of rotatable bonds is 4. The van der Waals surface area contributed by atoms with Gasteiger partial charge in [0.05, 0.1) is 36.6 Å². The second kappa shape index (κ2) is 5.92. The SMILES string of the molecule is COc1ccccc1-c1nn2c(Cn3cnc4ccccc43)nnc2s1. The lowest BCUT2D eigenvalue weighted by molar-refractivity contribution is 0.416. The van der Waals surface area contributed by atoms with E-state index in [1.165, 1.54) is 11.3 Å². The van der Waals surface area contributed by atoms with Crippen LogP contribution >= 0.6 is 11.3 Å². The Bertz CT molecular complexity index is 1220. The third-order valence-electron chi connectivity index (χ3n) is 4.23. The predicted molar refractivity (Wildman–Crippen MR) is 99.5 cm³/mol. The fourth-order valence-corrected chi connectivity index (χ4v) is 3.86. The molecular weight excluding hydrogens is 348 g/mol. The van der Waals surface area contributed by atoms with Crippen LogP contribution in [-0.2, 0) is 6.54 Å². The van der Waals surface area contributed by atoms with Gasteiger partial charge in [0.15, 0.2) is 10.8 Å². The Hall–Kier alpha value is -3.26. The molecule has 0 atom stereocenters. The highest BCUT2D eigenvalue weighted by Gasteiger charge is 2.16. The number of hydrogen-bond acceptors (Lipinski definition) is 6. The number of imidazole rings is 1. The molecule has 128 valence electrons. The summed E-state index contributed by atoms with van der Waals surface area (Å²) in [6.45, 7) is 0.552. The van der Waals surface area contributed by atoms with Crippen LogP contribution in [0.1, 0.15) is 5.82 Å². The summed E-state index contributed by atoms with van der Waals surface area (Å²) in [5.74, 6) is 1.56. The molecule has 5 rings (SSSR count). The van der Waals surface area contributed by atoms with E-state index in [0.29, 0.717) is 6.54 Å². The van der Waals surface area contributed by atoms with Gasteiger partial charge in [0.1, 0.15) is 5.75 Å². The van der Waals surface area contributed by atoms with Crippen LogP contribution in [-0.4, -0.2) is 36.5 Å². The van der Waals surface area contributed by atoms with E-state index in [1.54, 1.807) is 11.6 Å². The van der Waals surface area contributed by atoms with Crippen LogP contribution in [0.5, 0.6) is 5.75 Å². The van der Waals surface area contributed by atoms with Crippen molar-refractivity contribution in [2.75, 3.05) is 7.11 Å². The van der Waals surface area contributed by atoms with Crippen molar-refractivity contribution < 1.29 is 4.74 Å². The van der Waals surface area contributed by atoms with Crippen LogP contribution in [0, 0.1) is 0 Å². The number of para-hydroxylation sites is 3. The Morgan fingerprint density at radius 3 is 2.81 bits per heavy atom. The first-order chi connectivity index (χ1) is 12.8. The van der Waals surface area contributed by atoms with Crippen molar-refractivity contribution in [3.63, 3.8) is 0 Å². The van der Waals surface area contributed by atoms with E-state index in [-0.39, 0.29) is 0 Å². The van der Waals surface area contributed by atoms with Crippen LogP contribution < -0.4 is 4.74 Å². The number of ether oxygens (including phenoxy) is 1. The fraction of sp³-hybridized carbons (Fsp3) is 0.111. The van der Waals surface area contributed by atoms with E-state index in [9.17, 15) is 0 Å². The lowest BCUT2D eigenvalue weighted by Gasteiger charge is -2.04. The fourth-order valence-electron chi connectivity index (χ4n) is 2.97. The summed E-state index contributed by atoms with van der Waals surface area (Å²) in [6, 6.07) is 15.9. The average Bonchev–Trinajstić information content (AvgIpc) is 3.38. The zero-order chi connectivity index (χ0) is 17.5. The van der Waals surface area contributed by atoms with Gasteiger partial charge in [-0.1, -0.05) is 35.6 Å². The minimum absolute atomic E-state index is 0.552. The summed E-state index contributed by atoms with van der Waals surface area (Å²) in [4.78, 5) is 5.18. The molecular formula is C18H14N6OS.